The molecule has 0 atom stereocenters. The van der Waals surface area contributed by atoms with E-state index in [0.717, 1.165) is 21.0 Å². The van der Waals surface area contributed by atoms with Crippen LogP contribution in [0.5, 0.6) is 0 Å². The summed E-state index contributed by atoms with van der Waals surface area (Å²) in [6, 6.07) is 16.8. The summed E-state index contributed by atoms with van der Waals surface area (Å²) in [6.45, 7) is 3.63. The van der Waals surface area contributed by atoms with E-state index in [0.29, 0.717) is 4.31 Å². The van der Waals surface area contributed by atoms with E-state index in [1.807, 2.05) is 36.4 Å². The number of halogens is 1. The zero-order valence-corrected chi connectivity index (χ0v) is 21.3. The van der Waals surface area contributed by atoms with Crippen molar-refractivity contribution in [2.75, 3.05) is 0 Å². The largest absolute Gasteiger partial charge is 0.385 e. The third kappa shape index (κ3) is 4.42. The Kier molecular flexibility index (Phi) is 6.10. The summed E-state index contributed by atoms with van der Waals surface area (Å²) < 4.78 is 58.7. The van der Waals surface area contributed by atoms with Gasteiger partial charge in [0.1, 0.15) is 16.9 Å². The number of sulfonamides is 1. The number of amides is 1. The van der Waals surface area contributed by atoms with Crippen LogP contribution in [0, 0.1) is 17.4 Å². The van der Waals surface area contributed by atoms with E-state index >= 15 is 0 Å². The number of benzene rings is 3. The van der Waals surface area contributed by atoms with E-state index in [-0.39, 0.29) is 26.6 Å². The van der Waals surface area contributed by atoms with Gasteiger partial charge >= 0.3 is 10.1 Å². The molecule has 0 radical (unpaired) electrons. The topological polar surface area (TPSA) is 97.8 Å². The highest BCUT2D eigenvalue weighted by molar-refractivity contribution is 14.1. The molecule has 1 amide bonds. The van der Waals surface area contributed by atoms with Crippen LogP contribution >= 0.6 is 22.6 Å². The summed E-state index contributed by atoms with van der Waals surface area (Å²) in [5.74, 6) is -0.787. The minimum absolute atomic E-state index is 0.0925. The Labute approximate surface area is 206 Å². The van der Waals surface area contributed by atoms with Gasteiger partial charge in [-0.05, 0) is 78.9 Å². The molecule has 0 fully saturated rings. The lowest BCUT2D eigenvalue weighted by Gasteiger charge is -2.18. The van der Waals surface area contributed by atoms with Gasteiger partial charge in [0.25, 0.3) is 15.9 Å². The van der Waals surface area contributed by atoms with Crippen molar-refractivity contribution in [2.45, 2.75) is 23.6 Å². The zero-order valence-electron chi connectivity index (χ0n) is 17.5. The average molecular weight is 595 g/mol. The maximum atomic E-state index is 13.4. The lowest BCUT2D eigenvalue weighted by atomic mass is 10.1. The van der Waals surface area contributed by atoms with Crippen molar-refractivity contribution in [3.63, 3.8) is 0 Å². The third-order valence-corrected chi connectivity index (χ3v) is 8.63. The number of hydrogen-bond acceptors (Lipinski definition) is 6. The van der Waals surface area contributed by atoms with Crippen LogP contribution in [-0.2, 0) is 24.3 Å². The van der Waals surface area contributed by atoms with E-state index in [1.165, 1.54) is 30.3 Å². The quantitative estimate of drug-likeness (QED) is 0.246. The molecule has 7 nitrogen and oxygen atoms in total. The minimum atomic E-state index is -4.33. The second-order valence-corrected chi connectivity index (χ2v) is 12.0. The molecule has 0 aromatic heterocycles. The van der Waals surface area contributed by atoms with E-state index in [4.69, 9.17) is 4.18 Å². The van der Waals surface area contributed by atoms with Crippen LogP contribution < -0.4 is 0 Å². The van der Waals surface area contributed by atoms with E-state index in [9.17, 15) is 21.6 Å². The molecule has 0 saturated carbocycles. The first kappa shape index (κ1) is 23.5. The summed E-state index contributed by atoms with van der Waals surface area (Å²) >= 11 is 2.02. The summed E-state index contributed by atoms with van der Waals surface area (Å²) in [6.07, 6.45) is 0.806. The Morgan fingerprint density at radius 1 is 0.788 bits per heavy atom. The molecule has 4 rings (SSSR count). The molecule has 1 aliphatic heterocycles. The zero-order chi connectivity index (χ0) is 24.0. The SMILES string of the molecule is Cc1ccc(S(=O)(=O)O/C=C2\c3cc(I)ccc3C(=O)N2S(=O)(=O)c2ccc(C)cc2)cc1. The summed E-state index contributed by atoms with van der Waals surface area (Å²) in [5, 5.41) is 0. The van der Waals surface area contributed by atoms with Crippen LogP contribution in [0.1, 0.15) is 27.0 Å². The normalized spacial score (nSPS) is 15.1. The van der Waals surface area contributed by atoms with Gasteiger partial charge in [-0.15, -0.1) is 0 Å². The predicted octanol–water partition coefficient (Wildman–Crippen LogP) is 4.46. The molecule has 0 saturated heterocycles. The minimum Gasteiger partial charge on any atom is -0.385 e. The van der Waals surface area contributed by atoms with Crippen molar-refractivity contribution in [2.24, 2.45) is 0 Å². The second kappa shape index (κ2) is 8.58. The second-order valence-electron chi connectivity index (χ2n) is 7.44. The summed E-state index contributed by atoms with van der Waals surface area (Å²) in [4.78, 5) is 12.9. The highest BCUT2D eigenvalue weighted by Gasteiger charge is 2.42. The lowest BCUT2D eigenvalue weighted by molar-refractivity contribution is 0.0916. The van der Waals surface area contributed by atoms with Crippen LogP contribution in [0.3, 0.4) is 0 Å². The number of carbonyl (C=O) groups is 1. The number of aryl methyl sites for hydroxylation is 2. The number of nitrogens with zero attached hydrogens (tertiary/aromatic N) is 1. The number of fused-ring (bicyclic) bond motifs is 1. The molecule has 1 heterocycles. The molecular weight excluding hydrogens is 577 g/mol. The molecule has 33 heavy (non-hydrogen) atoms. The molecule has 0 unspecified atom stereocenters. The van der Waals surface area contributed by atoms with Crippen LogP contribution in [0.25, 0.3) is 5.70 Å². The fourth-order valence-electron chi connectivity index (χ4n) is 3.28. The van der Waals surface area contributed by atoms with Crippen molar-refractivity contribution >= 4 is 54.3 Å². The monoisotopic (exact) mass is 595 g/mol. The number of hydrogen-bond donors (Lipinski definition) is 0. The Morgan fingerprint density at radius 2 is 1.33 bits per heavy atom. The van der Waals surface area contributed by atoms with Crippen LogP contribution in [0.2, 0.25) is 0 Å². The third-order valence-electron chi connectivity index (χ3n) is 5.05. The van der Waals surface area contributed by atoms with Gasteiger partial charge in [0.05, 0.1) is 10.5 Å². The molecular formula is C23H18INO6S2. The molecule has 3 aromatic carbocycles. The van der Waals surface area contributed by atoms with Crippen LogP contribution in [0.15, 0.2) is 82.8 Å². The van der Waals surface area contributed by atoms with Gasteiger partial charge in [0.15, 0.2) is 0 Å². The molecule has 0 aliphatic carbocycles. The van der Waals surface area contributed by atoms with Crippen molar-refractivity contribution in [3.8, 4) is 0 Å². The van der Waals surface area contributed by atoms with Gasteiger partial charge in [-0.2, -0.15) is 12.7 Å². The summed E-state index contributed by atoms with van der Waals surface area (Å²) in [5.41, 5.74) is 1.94. The lowest BCUT2D eigenvalue weighted by Crippen LogP contribution is -2.31. The Bertz CT molecular complexity index is 1490. The molecule has 0 N–H and O–H groups in total. The van der Waals surface area contributed by atoms with Crippen molar-refractivity contribution in [3.05, 3.63) is 98.8 Å². The molecule has 0 spiro atoms. The van der Waals surface area contributed by atoms with Crippen LogP contribution in [-0.4, -0.2) is 27.0 Å². The van der Waals surface area contributed by atoms with E-state index in [1.54, 1.807) is 36.4 Å². The fourth-order valence-corrected chi connectivity index (χ4v) is 5.98. The van der Waals surface area contributed by atoms with Gasteiger partial charge in [-0.25, -0.2) is 8.42 Å². The molecule has 10 heteroatoms. The first-order valence-electron chi connectivity index (χ1n) is 9.67. The maximum absolute atomic E-state index is 13.4. The van der Waals surface area contributed by atoms with E-state index < -0.39 is 26.0 Å². The first-order valence-corrected chi connectivity index (χ1v) is 13.6. The number of carbonyl (C=O) groups excluding carboxylic acids is 1. The van der Waals surface area contributed by atoms with Crippen LogP contribution in [0.4, 0.5) is 0 Å². The van der Waals surface area contributed by atoms with Crippen molar-refractivity contribution in [1.29, 1.82) is 0 Å². The Morgan fingerprint density at radius 3 is 1.91 bits per heavy atom. The highest BCUT2D eigenvalue weighted by atomic mass is 127. The predicted molar refractivity (Wildman–Crippen MR) is 131 cm³/mol. The Hall–Kier alpha value is -2.70. The molecule has 1 aliphatic rings. The maximum Gasteiger partial charge on any atom is 0.338 e. The fraction of sp³-hybridized carbons (Fsp3) is 0.0870. The van der Waals surface area contributed by atoms with Gasteiger partial charge in [-0.3, -0.25) is 4.79 Å². The van der Waals surface area contributed by atoms with Gasteiger partial charge in [0, 0.05) is 9.13 Å². The molecule has 3 aromatic rings. The van der Waals surface area contributed by atoms with Gasteiger partial charge in [-0.1, -0.05) is 35.4 Å². The first-order chi connectivity index (χ1) is 15.5. The van der Waals surface area contributed by atoms with Gasteiger partial charge < -0.3 is 4.18 Å². The highest BCUT2D eigenvalue weighted by Crippen LogP contribution is 2.38. The standard InChI is InChI=1S/C23H18INO6S2/c1-15-3-8-18(9-4-15)32(27,28)25-22(21-13-17(24)7-12-20(21)23(25)26)14-31-33(29,30)19-10-5-16(2)6-11-19/h3-14H,1-2H3/b22-14+. The Balaban J connectivity index is 1.83. The smallest absolute Gasteiger partial charge is 0.338 e. The van der Waals surface area contributed by atoms with Crippen molar-refractivity contribution < 1.29 is 25.8 Å². The van der Waals surface area contributed by atoms with E-state index in [2.05, 4.69) is 0 Å². The molecule has 170 valence electrons. The average Bonchev–Trinajstić information content (AvgIpc) is 3.04. The molecule has 0 bridgehead atoms. The number of rotatable bonds is 5. The van der Waals surface area contributed by atoms with Crippen molar-refractivity contribution in [1.82, 2.24) is 4.31 Å². The van der Waals surface area contributed by atoms with Gasteiger partial charge in [0.2, 0.25) is 0 Å². The summed E-state index contributed by atoms with van der Waals surface area (Å²) in [7, 11) is -8.58.